The molecule has 2 amide bonds. The summed E-state index contributed by atoms with van der Waals surface area (Å²) in [6, 6.07) is 30.0. The molecule has 0 saturated carbocycles. The van der Waals surface area contributed by atoms with E-state index in [9.17, 15) is 9.59 Å². The van der Waals surface area contributed by atoms with E-state index in [1.807, 2.05) is 90.4 Å². The van der Waals surface area contributed by atoms with Gasteiger partial charge in [0.25, 0.3) is 5.91 Å². The zero-order chi connectivity index (χ0) is 23.5. The molecule has 0 saturated heterocycles. The minimum absolute atomic E-state index is 0.0899. The number of rotatable bonds is 7. The van der Waals surface area contributed by atoms with Crippen molar-refractivity contribution < 1.29 is 9.59 Å². The molecule has 0 fully saturated rings. The number of carbonyl (C=O) groups excluding carboxylic acids is 2. The van der Waals surface area contributed by atoms with Crippen LogP contribution in [0.25, 0.3) is 10.9 Å². The Bertz CT molecular complexity index is 1310. The highest BCUT2D eigenvalue weighted by Gasteiger charge is 2.47. The van der Waals surface area contributed by atoms with E-state index in [2.05, 4.69) is 17.4 Å². The lowest BCUT2D eigenvalue weighted by Crippen LogP contribution is -2.64. The van der Waals surface area contributed by atoms with Crippen LogP contribution in [0.5, 0.6) is 0 Å². The molecule has 1 atom stereocenters. The Hall–Kier alpha value is -3.86. The van der Waals surface area contributed by atoms with Gasteiger partial charge in [-0.15, -0.1) is 0 Å². The van der Waals surface area contributed by atoms with Crippen LogP contribution in [0.3, 0.4) is 0 Å². The Morgan fingerprint density at radius 1 is 0.912 bits per heavy atom. The van der Waals surface area contributed by atoms with Crippen LogP contribution in [0, 0.1) is 0 Å². The van der Waals surface area contributed by atoms with Crippen LogP contribution in [0.1, 0.15) is 35.0 Å². The van der Waals surface area contributed by atoms with Gasteiger partial charge in [0.05, 0.1) is 6.54 Å². The Labute approximate surface area is 200 Å². The van der Waals surface area contributed by atoms with E-state index in [0.29, 0.717) is 25.3 Å². The maximum atomic E-state index is 13.7. The molecule has 0 radical (unpaired) electrons. The van der Waals surface area contributed by atoms with E-state index in [1.165, 1.54) is 5.56 Å². The first-order valence-electron chi connectivity index (χ1n) is 11.8. The summed E-state index contributed by atoms with van der Waals surface area (Å²) >= 11 is 0. The number of nitrogens with one attached hydrogen (secondary N) is 1. The van der Waals surface area contributed by atoms with Crippen molar-refractivity contribution >= 4 is 22.7 Å². The molecule has 1 aliphatic rings. The first-order valence-corrected chi connectivity index (χ1v) is 11.8. The lowest BCUT2D eigenvalue weighted by atomic mass is 9.93. The minimum atomic E-state index is -0.989. The van der Waals surface area contributed by atoms with E-state index in [4.69, 9.17) is 0 Å². The van der Waals surface area contributed by atoms with Crippen molar-refractivity contribution in [2.75, 3.05) is 6.54 Å². The summed E-state index contributed by atoms with van der Waals surface area (Å²) in [5.74, 6) is -0.222. The maximum Gasteiger partial charge on any atom is 0.271 e. The summed E-state index contributed by atoms with van der Waals surface area (Å²) in [5.41, 5.74) is 2.91. The van der Waals surface area contributed by atoms with Crippen molar-refractivity contribution in [3.05, 3.63) is 108 Å². The van der Waals surface area contributed by atoms with Gasteiger partial charge in [-0.2, -0.15) is 0 Å². The minimum Gasteiger partial charge on any atom is -0.350 e. The molecule has 5 nitrogen and oxygen atoms in total. The molecule has 0 spiro atoms. The molecule has 5 heteroatoms. The van der Waals surface area contributed by atoms with Gasteiger partial charge >= 0.3 is 0 Å². The van der Waals surface area contributed by atoms with Crippen LogP contribution in [0.15, 0.2) is 91.0 Å². The van der Waals surface area contributed by atoms with Gasteiger partial charge in [0.15, 0.2) is 0 Å². The van der Waals surface area contributed by atoms with Gasteiger partial charge in [0.1, 0.15) is 11.2 Å². The van der Waals surface area contributed by atoms with Crippen LogP contribution >= 0.6 is 0 Å². The maximum absolute atomic E-state index is 13.7. The van der Waals surface area contributed by atoms with Crippen LogP contribution in [0.2, 0.25) is 0 Å². The Morgan fingerprint density at radius 3 is 2.29 bits per heavy atom. The van der Waals surface area contributed by atoms with Crippen LogP contribution in [-0.2, 0) is 24.3 Å². The standard InChI is InChI=1S/C29H29N3O2/c1-29(28(34)30-20-23-13-6-3-7-14-23)21-31-25-17-9-8-16-24(25)19-26(31)27(33)32(29)18-10-15-22-11-4-2-5-12-22/h2-9,11-14,16-17,19H,10,15,18,20-21H2,1H3,(H,30,34)/t29-/m0/s1. The summed E-state index contributed by atoms with van der Waals surface area (Å²) in [7, 11) is 0. The van der Waals surface area contributed by atoms with Gasteiger partial charge in [-0.25, -0.2) is 0 Å². The molecule has 4 aromatic rings. The fourth-order valence-electron chi connectivity index (χ4n) is 4.91. The van der Waals surface area contributed by atoms with Gasteiger partial charge in [0.2, 0.25) is 5.91 Å². The predicted octanol–water partition coefficient (Wildman–Crippen LogP) is 4.81. The van der Waals surface area contributed by atoms with Crippen molar-refractivity contribution in [3.8, 4) is 0 Å². The molecule has 1 aromatic heterocycles. The van der Waals surface area contributed by atoms with Crippen LogP contribution in [0.4, 0.5) is 0 Å². The molecule has 0 aliphatic carbocycles. The van der Waals surface area contributed by atoms with Crippen molar-refractivity contribution in [1.82, 2.24) is 14.8 Å². The first-order chi connectivity index (χ1) is 16.6. The first kappa shape index (κ1) is 22.0. The predicted molar refractivity (Wildman–Crippen MR) is 134 cm³/mol. The molecule has 3 aromatic carbocycles. The Kier molecular flexibility index (Phi) is 5.93. The monoisotopic (exact) mass is 451 g/mol. The van der Waals surface area contributed by atoms with Crippen molar-refractivity contribution in [3.63, 3.8) is 0 Å². The second-order valence-corrected chi connectivity index (χ2v) is 9.16. The summed E-state index contributed by atoms with van der Waals surface area (Å²) in [6.07, 6.45) is 1.65. The third kappa shape index (κ3) is 4.10. The largest absolute Gasteiger partial charge is 0.350 e. The SMILES string of the molecule is C[C@@]1(C(=O)NCc2ccccc2)Cn2c(cc3ccccc32)C(=O)N1CCCc1ccccc1. The third-order valence-electron chi connectivity index (χ3n) is 6.81. The van der Waals surface area contributed by atoms with E-state index in [1.54, 1.807) is 4.90 Å². The molecule has 2 heterocycles. The second kappa shape index (κ2) is 9.18. The lowest BCUT2D eigenvalue weighted by molar-refractivity contribution is -0.133. The molecule has 1 N–H and O–H groups in total. The van der Waals surface area contributed by atoms with Gasteiger partial charge in [-0.05, 0) is 43.0 Å². The Morgan fingerprint density at radius 2 is 1.56 bits per heavy atom. The zero-order valence-corrected chi connectivity index (χ0v) is 19.4. The molecule has 0 unspecified atom stereocenters. The summed E-state index contributed by atoms with van der Waals surface area (Å²) in [5, 5.41) is 4.11. The second-order valence-electron chi connectivity index (χ2n) is 9.16. The van der Waals surface area contributed by atoms with Crippen molar-refractivity contribution in [1.29, 1.82) is 0 Å². The normalized spacial score (nSPS) is 17.6. The lowest BCUT2D eigenvalue weighted by Gasteiger charge is -2.44. The zero-order valence-electron chi connectivity index (χ0n) is 19.4. The molecule has 1 aliphatic heterocycles. The average Bonchev–Trinajstić information content (AvgIpc) is 3.24. The Balaban J connectivity index is 1.43. The van der Waals surface area contributed by atoms with Gasteiger partial charge in [-0.1, -0.05) is 78.9 Å². The molecule has 34 heavy (non-hydrogen) atoms. The number of hydrogen-bond donors (Lipinski definition) is 1. The third-order valence-corrected chi connectivity index (χ3v) is 6.81. The van der Waals surface area contributed by atoms with Crippen LogP contribution < -0.4 is 5.32 Å². The summed E-state index contributed by atoms with van der Waals surface area (Å²) in [6.45, 7) is 3.27. The quantitative estimate of drug-likeness (QED) is 0.439. The number of carbonyl (C=O) groups is 2. The topological polar surface area (TPSA) is 54.3 Å². The fraction of sp³-hybridized carbons (Fsp3) is 0.241. The highest BCUT2D eigenvalue weighted by molar-refractivity contribution is 6.03. The number of hydrogen-bond acceptors (Lipinski definition) is 2. The number of nitrogens with zero attached hydrogens (tertiary/aromatic N) is 2. The summed E-state index contributed by atoms with van der Waals surface area (Å²) < 4.78 is 2.01. The molecular weight excluding hydrogens is 422 g/mol. The average molecular weight is 452 g/mol. The number of fused-ring (bicyclic) bond motifs is 3. The molecule has 0 bridgehead atoms. The highest BCUT2D eigenvalue weighted by atomic mass is 16.2. The molecule has 172 valence electrons. The van der Waals surface area contributed by atoms with E-state index < -0.39 is 5.54 Å². The highest BCUT2D eigenvalue weighted by Crippen LogP contribution is 2.32. The number of aromatic nitrogens is 1. The van der Waals surface area contributed by atoms with Gasteiger partial charge in [-0.3, -0.25) is 9.59 Å². The van der Waals surface area contributed by atoms with Gasteiger partial charge in [0, 0.05) is 24.0 Å². The van der Waals surface area contributed by atoms with Gasteiger partial charge < -0.3 is 14.8 Å². The molecular formula is C29H29N3O2. The molecule has 5 rings (SSSR count). The van der Waals surface area contributed by atoms with E-state index in [-0.39, 0.29) is 11.8 Å². The van der Waals surface area contributed by atoms with E-state index in [0.717, 1.165) is 29.3 Å². The number of amides is 2. The smallest absolute Gasteiger partial charge is 0.271 e. The van der Waals surface area contributed by atoms with Crippen LogP contribution in [-0.4, -0.2) is 33.4 Å². The summed E-state index contributed by atoms with van der Waals surface area (Å²) in [4.78, 5) is 29.2. The number of para-hydroxylation sites is 1. The number of benzene rings is 3. The fourth-order valence-corrected chi connectivity index (χ4v) is 4.91. The van der Waals surface area contributed by atoms with E-state index >= 15 is 0 Å². The van der Waals surface area contributed by atoms with Crippen molar-refractivity contribution in [2.24, 2.45) is 0 Å². The number of aryl methyl sites for hydroxylation is 1. The van der Waals surface area contributed by atoms with Crippen molar-refractivity contribution in [2.45, 2.75) is 38.4 Å².